The van der Waals surface area contributed by atoms with E-state index in [1.54, 1.807) is 22.5 Å². The summed E-state index contributed by atoms with van der Waals surface area (Å²) >= 11 is 0. The lowest BCUT2D eigenvalue weighted by molar-refractivity contribution is -0.133. The zero-order valence-electron chi connectivity index (χ0n) is 31.2. The molecule has 52 heavy (non-hydrogen) atoms. The minimum absolute atomic E-state index is 0.0741. The van der Waals surface area contributed by atoms with Crippen LogP contribution in [-0.4, -0.2) is 150 Å². The maximum absolute atomic E-state index is 13.8. The van der Waals surface area contributed by atoms with Gasteiger partial charge in [0, 0.05) is 103 Å². The van der Waals surface area contributed by atoms with E-state index < -0.39 is 6.09 Å². The van der Waals surface area contributed by atoms with Gasteiger partial charge in [-0.1, -0.05) is 18.2 Å². The molecule has 4 saturated heterocycles. The number of ether oxygens (including phenoxy) is 1. The van der Waals surface area contributed by atoms with Gasteiger partial charge in [-0.05, 0) is 63.5 Å². The molecule has 4 aliphatic heterocycles. The molecule has 6 rings (SSSR count). The maximum atomic E-state index is 13.8. The van der Waals surface area contributed by atoms with Gasteiger partial charge in [-0.15, -0.1) is 0 Å². The second-order valence-electron chi connectivity index (χ2n) is 15.0. The smallest absolute Gasteiger partial charge is 0.410 e. The molecule has 4 atom stereocenters. The van der Waals surface area contributed by atoms with E-state index in [-0.39, 0.29) is 59.2 Å². The van der Waals surface area contributed by atoms with E-state index in [0.29, 0.717) is 65.0 Å². The molecular weight excluding hydrogens is 664 g/mol. The van der Waals surface area contributed by atoms with E-state index in [0.717, 1.165) is 49.9 Å². The van der Waals surface area contributed by atoms with E-state index in [1.165, 1.54) is 7.11 Å². The van der Waals surface area contributed by atoms with Crippen LogP contribution in [-0.2, 0) is 14.3 Å². The molecule has 0 saturated carbocycles. The Bertz CT molecular complexity index is 1650. The highest BCUT2D eigenvalue weighted by Gasteiger charge is 2.47. The lowest BCUT2D eigenvalue weighted by Gasteiger charge is -2.47. The van der Waals surface area contributed by atoms with Crippen LogP contribution in [0.4, 0.5) is 4.79 Å². The van der Waals surface area contributed by atoms with Crippen molar-refractivity contribution in [3.8, 4) is 0 Å². The summed E-state index contributed by atoms with van der Waals surface area (Å²) in [5, 5.41) is 7.37. The summed E-state index contributed by atoms with van der Waals surface area (Å²) in [6.45, 7) is 12.2. The minimum atomic E-state index is -0.422. The van der Waals surface area contributed by atoms with E-state index in [1.807, 2.05) is 47.9 Å². The third kappa shape index (κ3) is 8.29. The first-order valence-electron chi connectivity index (χ1n) is 19.1. The van der Waals surface area contributed by atoms with E-state index in [9.17, 15) is 24.0 Å². The number of para-hydroxylation sites is 1. The van der Waals surface area contributed by atoms with Crippen molar-refractivity contribution in [3.05, 3.63) is 46.2 Å². The molecule has 2 N–H and O–H groups in total. The van der Waals surface area contributed by atoms with Crippen LogP contribution in [0.5, 0.6) is 0 Å². The fourth-order valence-corrected chi connectivity index (χ4v) is 8.85. The number of hydrogen-bond donors (Lipinski definition) is 2. The number of amides is 4. The van der Waals surface area contributed by atoms with Crippen molar-refractivity contribution in [2.45, 2.75) is 89.6 Å². The molecule has 1 aromatic heterocycles. The highest BCUT2D eigenvalue weighted by molar-refractivity contribution is 5.97. The van der Waals surface area contributed by atoms with Crippen molar-refractivity contribution in [2.75, 3.05) is 72.6 Å². The summed E-state index contributed by atoms with van der Waals surface area (Å²) in [5.74, 6) is -0.194. The van der Waals surface area contributed by atoms with Crippen LogP contribution in [0.25, 0.3) is 10.9 Å². The molecule has 284 valence electrons. The monoisotopic (exact) mass is 720 g/mol. The predicted octanol–water partition coefficient (Wildman–Crippen LogP) is 2.08. The minimum Gasteiger partial charge on any atom is -0.453 e. The van der Waals surface area contributed by atoms with E-state index in [4.69, 9.17) is 4.74 Å². The van der Waals surface area contributed by atoms with Crippen LogP contribution in [0, 0.1) is 0 Å². The molecule has 2 aromatic rings. The summed E-state index contributed by atoms with van der Waals surface area (Å²) in [4.78, 5) is 76.5. The Morgan fingerprint density at radius 1 is 0.962 bits per heavy atom. The predicted molar refractivity (Wildman–Crippen MR) is 198 cm³/mol. The van der Waals surface area contributed by atoms with Crippen LogP contribution in [0.15, 0.2) is 35.1 Å². The van der Waals surface area contributed by atoms with Crippen LogP contribution >= 0.6 is 0 Å². The fraction of sp³-hybridized carbons (Fsp3) is 0.658. The zero-order valence-corrected chi connectivity index (χ0v) is 31.2. The summed E-state index contributed by atoms with van der Waals surface area (Å²) < 4.78 is 7.06. The summed E-state index contributed by atoms with van der Waals surface area (Å²) in [7, 11) is 1.40. The van der Waals surface area contributed by atoms with Gasteiger partial charge < -0.3 is 29.7 Å². The number of carbonyl (C=O) groups is 4. The lowest BCUT2D eigenvalue weighted by Crippen LogP contribution is -2.61. The number of hydrogen-bond acceptors (Lipinski definition) is 9. The number of pyridine rings is 1. The number of methoxy groups -OCH3 is 1. The van der Waals surface area contributed by atoms with E-state index in [2.05, 4.69) is 20.4 Å². The molecule has 14 heteroatoms. The molecule has 4 amide bonds. The molecule has 14 nitrogen and oxygen atoms in total. The Morgan fingerprint density at radius 3 is 2.27 bits per heavy atom. The molecule has 4 aliphatic rings. The number of rotatable bonds is 11. The standard InChI is InChI=1S/C38H56N8O6/c1-26(2)45-33-8-6-5-7-28(33)23-32(37(45)50)36(49)40-29-24-30-9-10-31(25-29)46(30)34(11-12-35(48)43-15-13-39-14-16-43)44(38(51)52-4)22-19-41-17-20-42(21-18-41)27(3)47/h5-8,23,26,29-31,34,39H,9-22,24-25H2,1-4H3,(H,40,49)/t29?,30-,31+,34?. The fourth-order valence-electron chi connectivity index (χ4n) is 8.85. The van der Waals surface area contributed by atoms with Crippen LogP contribution in [0.3, 0.4) is 0 Å². The number of piperidine rings is 1. The number of nitrogens with one attached hydrogen (secondary N) is 2. The molecule has 4 fully saturated rings. The lowest BCUT2D eigenvalue weighted by atomic mass is 9.95. The average Bonchev–Trinajstić information content (AvgIpc) is 3.40. The molecular formula is C38H56N8O6. The van der Waals surface area contributed by atoms with Crippen LogP contribution in [0.2, 0.25) is 0 Å². The van der Waals surface area contributed by atoms with Crippen molar-refractivity contribution in [3.63, 3.8) is 0 Å². The van der Waals surface area contributed by atoms with Crippen molar-refractivity contribution in [1.29, 1.82) is 0 Å². The number of benzene rings is 1. The molecule has 2 unspecified atom stereocenters. The van der Waals surface area contributed by atoms with Crippen molar-refractivity contribution >= 4 is 34.7 Å². The number of fused-ring (bicyclic) bond motifs is 3. The highest BCUT2D eigenvalue weighted by Crippen LogP contribution is 2.39. The first-order chi connectivity index (χ1) is 25.0. The number of aromatic nitrogens is 1. The Hall–Kier alpha value is -4.01. The van der Waals surface area contributed by atoms with Crippen molar-refractivity contribution in [2.24, 2.45) is 0 Å². The van der Waals surface area contributed by atoms with Crippen LogP contribution < -0.4 is 16.2 Å². The Balaban J connectivity index is 1.19. The van der Waals surface area contributed by atoms with Gasteiger partial charge in [0.2, 0.25) is 11.8 Å². The zero-order chi connectivity index (χ0) is 36.9. The molecule has 0 aliphatic carbocycles. The van der Waals surface area contributed by atoms with Gasteiger partial charge in [0.05, 0.1) is 18.8 Å². The summed E-state index contributed by atoms with van der Waals surface area (Å²) in [6.07, 6.45) is 3.20. The third-order valence-electron chi connectivity index (χ3n) is 11.5. The third-order valence-corrected chi connectivity index (χ3v) is 11.5. The second kappa shape index (κ2) is 16.8. The number of carbonyl (C=O) groups excluding carboxylic acids is 4. The van der Waals surface area contributed by atoms with E-state index >= 15 is 0 Å². The largest absolute Gasteiger partial charge is 0.453 e. The van der Waals surface area contributed by atoms with Gasteiger partial charge in [-0.25, -0.2) is 4.79 Å². The summed E-state index contributed by atoms with van der Waals surface area (Å²) in [6, 6.07) is 9.27. The molecule has 2 bridgehead atoms. The van der Waals surface area contributed by atoms with Gasteiger partial charge >= 0.3 is 6.09 Å². The van der Waals surface area contributed by atoms with Gasteiger partial charge in [0.15, 0.2) is 0 Å². The second-order valence-corrected chi connectivity index (χ2v) is 15.0. The average molecular weight is 721 g/mol. The van der Waals surface area contributed by atoms with Gasteiger partial charge in [0.25, 0.3) is 11.5 Å². The molecule has 0 spiro atoms. The topological polar surface area (TPSA) is 140 Å². The van der Waals surface area contributed by atoms with Gasteiger partial charge in [-0.3, -0.25) is 33.9 Å². The first-order valence-corrected chi connectivity index (χ1v) is 19.1. The number of piperazine rings is 2. The molecule has 1 aromatic carbocycles. The SMILES string of the molecule is COC(=O)N(CCN1CCN(C(C)=O)CC1)C(CCC(=O)N1CCNCC1)N1[C@@H]2CC[C@H]1CC(NC(=O)c1cc3ccccc3n(C(C)C)c1=O)C2. The normalized spacial score (nSPS) is 23.1. The Kier molecular flexibility index (Phi) is 12.2. The highest BCUT2D eigenvalue weighted by atomic mass is 16.5. The molecule has 0 radical (unpaired) electrons. The summed E-state index contributed by atoms with van der Waals surface area (Å²) in [5.41, 5.74) is 0.657. The van der Waals surface area contributed by atoms with Gasteiger partial charge in [-0.2, -0.15) is 0 Å². The molecule has 5 heterocycles. The van der Waals surface area contributed by atoms with Crippen molar-refractivity contribution in [1.82, 2.24) is 39.7 Å². The Labute approximate surface area is 306 Å². The first kappa shape index (κ1) is 37.7. The van der Waals surface area contributed by atoms with Gasteiger partial charge in [0.1, 0.15) is 5.56 Å². The van der Waals surface area contributed by atoms with Crippen LogP contribution in [0.1, 0.15) is 75.7 Å². The number of nitrogens with zero attached hydrogens (tertiary/aromatic N) is 6. The van der Waals surface area contributed by atoms with Crippen molar-refractivity contribution < 1.29 is 23.9 Å². The maximum Gasteiger partial charge on any atom is 0.410 e. The Morgan fingerprint density at radius 2 is 1.63 bits per heavy atom. The quantitative estimate of drug-likeness (QED) is 0.357.